The van der Waals surface area contributed by atoms with E-state index in [1.54, 1.807) is 13.3 Å². The number of morpholine rings is 1. The van der Waals surface area contributed by atoms with Gasteiger partial charge in [0.1, 0.15) is 5.76 Å². The Morgan fingerprint density at radius 1 is 1.28 bits per heavy atom. The molecule has 2 N–H and O–H groups in total. The van der Waals surface area contributed by atoms with Crippen molar-refractivity contribution in [3.8, 4) is 0 Å². The van der Waals surface area contributed by atoms with E-state index in [0.717, 1.165) is 44.3 Å². The predicted molar refractivity (Wildman–Crippen MR) is 113 cm³/mol. The predicted octanol–water partition coefficient (Wildman–Crippen LogP) is 2.49. The van der Waals surface area contributed by atoms with Crippen LogP contribution in [0.1, 0.15) is 33.5 Å². The molecule has 0 radical (unpaired) electrons. The third-order valence-electron chi connectivity index (χ3n) is 4.43. The Hall–Kier alpha value is -0.800. The van der Waals surface area contributed by atoms with Crippen molar-refractivity contribution >= 4 is 29.9 Å². The molecule has 0 spiro atoms. The van der Waals surface area contributed by atoms with Gasteiger partial charge in [0, 0.05) is 45.2 Å². The van der Waals surface area contributed by atoms with Gasteiger partial charge in [0.25, 0.3) is 0 Å². The number of rotatable bonds is 6. The molecule has 1 saturated heterocycles. The second kappa shape index (κ2) is 10.4. The van der Waals surface area contributed by atoms with Gasteiger partial charge < -0.3 is 19.8 Å². The molecule has 1 fully saturated rings. The highest BCUT2D eigenvalue weighted by molar-refractivity contribution is 14.0. The molecule has 1 aliphatic heterocycles. The number of nitrogens with one attached hydrogen (secondary N) is 2. The standard InChI is InChI=1S/C18H32N4O2.HI/c1-14-11-22(12-15(2)24-14)18(3,4)13-21-17(19-5)20-9-8-16-7-6-10-23-16;/h6-7,10,14-15H,8-9,11-13H2,1-5H3,(H2,19,20,21);1H. The maximum Gasteiger partial charge on any atom is 0.191 e. The van der Waals surface area contributed by atoms with Crippen LogP contribution in [0.3, 0.4) is 0 Å². The van der Waals surface area contributed by atoms with Gasteiger partial charge in [-0.25, -0.2) is 0 Å². The fraction of sp³-hybridized carbons (Fsp3) is 0.722. The van der Waals surface area contributed by atoms with Crippen molar-refractivity contribution in [1.82, 2.24) is 15.5 Å². The van der Waals surface area contributed by atoms with Gasteiger partial charge in [-0.1, -0.05) is 0 Å². The van der Waals surface area contributed by atoms with Crippen molar-refractivity contribution in [1.29, 1.82) is 0 Å². The molecule has 0 bridgehead atoms. The highest BCUT2D eigenvalue weighted by Crippen LogP contribution is 2.20. The summed E-state index contributed by atoms with van der Waals surface area (Å²) in [5.41, 5.74) is 0.0327. The summed E-state index contributed by atoms with van der Waals surface area (Å²) < 4.78 is 11.2. The molecule has 2 unspecified atom stereocenters. The molecular formula is C18H33IN4O2. The molecule has 1 aromatic rings. The summed E-state index contributed by atoms with van der Waals surface area (Å²) in [5.74, 6) is 1.80. The van der Waals surface area contributed by atoms with Gasteiger partial charge in [-0.2, -0.15) is 0 Å². The highest BCUT2D eigenvalue weighted by atomic mass is 127. The number of furan rings is 1. The minimum absolute atomic E-state index is 0. The zero-order valence-electron chi connectivity index (χ0n) is 16.0. The van der Waals surface area contributed by atoms with E-state index in [1.165, 1.54) is 0 Å². The van der Waals surface area contributed by atoms with Crippen LogP contribution < -0.4 is 10.6 Å². The molecular weight excluding hydrogens is 431 g/mol. The Morgan fingerprint density at radius 2 is 1.96 bits per heavy atom. The van der Waals surface area contributed by atoms with Crippen LogP contribution in [0.25, 0.3) is 0 Å². The largest absolute Gasteiger partial charge is 0.469 e. The van der Waals surface area contributed by atoms with Crippen molar-refractivity contribution in [2.75, 3.05) is 33.2 Å². The first kappa shape index (κ1) is 22.2. The number of guanidine groups is 1. The molecule has 1 aromatic heterocycles. The highest BCUT2D eigenvalue weighted by Gasteiger charge is 2.33. The number of ether oxygens (including phenoxy) is 1. The second-order valence-electron chi connectivity index (χ2n) is 7.16. The molecule has 2 atom stereocenters. The monoisotopic (exact) mass is 464 g/mol. The number of hydrogen-bond donors (Lipinski definition) is 2. The molecule has 6 nitrogen and oxygen atoms in total. The van der Waals surface area contributed by atoms with Gasteiger partial charge in [0.15, 0.2) is 5.96 Å². The van der Waals surface area contributed by atoms with E-state index < -0.39 is 0 Å². The van der Waals surface area contributed by atoms with E-state index in [4.69, 9.17) is 9.15 Å². The third kappa shape index (κ3) is 7.15. The average molecular weight is 464 g/mol. The van der Waals surface area contributed by atoms with E-state index in [-0.39, 0.29) is 41.7 Å². The summed E-state index contributed by atoms with van der Waals surface area (Å²) in [6.45, 7) is 12.4. The van der Waals surface area contributed by atoms with Crippen LogP contribution in [0.15, 0.2) is 27.8 Å². The maximum absolute atomic E-state index is 5.84. The molecule has 2 rings (SSSR count). The lowest BCUT2D eigenvalue weighted by molar-refractivity contribution is -0.0946. The van der Waals surface area contributed by atoms with Crippen molar-refractivity contribution in [2.45, 2.75) is 51.9 Å². The first-order chi connectivity index (χ1) is 11.4. The minimum atomic E-state index is 0. The van der Waals surface area contributed by atoms with Crippen LogP contribution in [0.2, 0.25) is 0 Å². The van der Waals surface area contributed by atoms with E-state index in [9.17, 15) is 0 Å². The zero-order chi connectivity index (χ0) is 17.6. The second-order valence-corrected chi connectivity index (χ2v) is 7.16. The Morgan fingerprint density at radius 3 is 2.52 bits per heavy atom. The molecule has 0 aromatic carbocycles. The van der Waals surface area contributed by atoms with Crippen molar-refractivity contribution in [2.24, 2.45) is 4.99 Å². The average Bonchev–Trinajstić information content (AvgIpc) is 3.03. The lowest BCUT2D eigenvalue weighted by atomic mass is 10.00. The summed E-state index contributed by atoms with van der Waals surface area (Å²) >= 11 is 0. The summed E-state index contributed by atoms with van der Waals surface area (Å²) in [7, 11) is 1.80. The summed E-state index contributed by atoms with van der Waals surface area (Å²) in [5, 5.41) is 6.78. The molecule has 144 valence electrons. The lowest BCUT2D eigenvalue weighted by Crippen LogP contribution is -2.59. The fourth-order valence-corrected chi connectivity index (χ4v) is 3.06. The van der Waals surface area contributed by atoms with E-state index >= 15 is 0 Å². The Kier molecular flexibility index (Phi) is 9.23. The molecule has 0 saturated carbocycles. The summed E-state index contributed by atoms with van der Waals surface area (Å²) in [6.07, 6.45) is 3.10. The number of nitrogens with zero attached hydrogens (tertiary/aromatic N) is 2. The Labute approximate surface area is 168 Å². The van der Waals surface area contributed by atoms with Crippen LogP contribution >= 0.6 is 24.0 Å². The Balaban J connectivity index is 0.00000312. The Bertz CT molecular complexity index is 509. The van der Waals surface area contributed by atoms with Gasteiger partial charge in [-0.15, -0.1) is 24.0 Å². The minimum Gasteiger partial charge on any atom is -0.469 e. The first-order valence-corrected chi connectivity index (χ1v) is 8.78. The molecule has 1 aliphatic rings. The fourth-order valence-electron chi connectivity index (χ4n) is 3.06. The zero-order valence-corrected chi connectivity index (χ0v) is 18.4. The van der Waals surface area contributed by atoms with Gasteiger partial charge in [-0.3, -0.25) is 9.89 Å². The van der Waals surface area contributed by atoms with Gasteiger partial charge in [-0.05, 0) is 39.8 Å². The number of aliphatic imine (C=N–C) groups is 1. The van der Waals surface area contributed by atoms with E-state index in [1.807, 2.05) is 12.1 Å². The molecule has 0 aliphatic carbocycles. The first-order valence-electron chi connectivity index (χ1n) is 8.78. The van der Waals surface area contributed by atoms with Gasteiger partial charge in [0.05, 0.1) is 18.5 Å². The SMILES string of the molecule is CN=C(NCCc1ccco1)NCC(C)(C)N1CC(C)OC(C)C1.I. The van der Waals surface area contributed by atoms with Crippen molar-refractivity contribution in [3.05, 3.63) is 24.2 Å². The third-order valence-corrected chi connectivity index (χ3v) is 4.43. The molecule has 25 heavy (non-hydrogen) atoms. The van der Waals surface area contributed by atoms with Gasteiger partial charge >= 0.3 is 0 Å². The van der Waals surface area contributed by atoms with Crippen molar-refractivity contribution in [3.63, 3.8) is 0 Å². The molecule has 2 heterocycles. The number of hydrogen-bond acceptors (Lipinski definition) is 4. The van der Waals surface area contributed by atoms with Crippen molar-refractivity contribution < 1.29 is 9.15 Å². The van der Waals surface area contributed by atoms with Crippen LogP contribution in [-0.4, -0.2) is 61.8 Å². The maximum atomic E-state index is 5.84. The topological polar surface area (TPSA) is 62.0 Å². The quantitative estimate of drug-likeness (QED) is 0.385. The van der Waals surface area contributed by atoms with Crippen LogP contribution in [0, 0.1) is 0 Å². The smallest absolute Gasteiger partial charge is 0.191 e. The molecule has 7 heteroatoms. The van der Waals surface area contributed by atoms with Crippen LogP contribution in [-0.2, 0) is 11.2 Å². The van der Waals surface area contributed by atoms with Gasteiger partial charge in [0.2, 0.25) is 0 Å². The normalized spacial score (nSPS) is 22.4. The van der Waals surface area contributed by atoms with Crippen LogP contribution in [0.4, 0.5) is 0 Å². The van der Waals surface area contributed by atoms with Crippen LogP contribution in [0.5, 0.6) is 0 Å². The summed E-state index contributed by atoms with van der Waals surface area (Å²) in [6, 6.07) is 3.90. The lowest BCUT2D eigenvalue weighted by Gasteiger charge is -2.45. The van der Waals surface area contributed by atoms with E-state index in [0.29, 0.717) is 0 Å². The summed E-state index contributed by atoms with van der Waals surface area (Å²) in [4.78, 5) is 6.80. The molecule has 0 amide bonds. The number of halogens is 1. The van der Waals surface area contributed by atoms with E-state index in [2.05, 4.69) is 48.2 Å².